The van der Waals surface area contributed by atoms with Crippen LogP contribution in [0.25, 0.3) is 0 Å². The maximum Gasteiger partial charge on any atom is 0.240 e. The third-order valence-corrected chi connectivity index (χ3v) is 5.16. The second kappa shape index (κ2) is 7.59. The zero-order chi connectivity index (χ0) is 17.7. The van der Waals surface area contributed by atoms with Crippen molar-refractivity contribution < 1.29 is 17.9 Å². The van der Waals surface area contributed by atoms with Crippen LogP contribution >= 0.6 is 0 Å². The summed E-state index contributed by atoms with van der Waals surface area (Å²) in [6.45, 7) is 3.55. The van der Waals surface area contributed by atoms with Crippen molar-refractivity contribution in [3.8, 4) is 5.75 Å². The summed E-state index contributed by atoms with van der Waals surface area (Å²) in [6, 6.07) is 11.7. The van der Waals surface area contributed by atoms with Crippen LogP contribution in [0.4, 0.5) is 0 Å². The average molecular weight is 347 g/mol. The van der Waals surface area contributed by atoms with E-state index in [1.54, 1.807) is 19.2 Å². The normalized spacial score (nSPS) is 11.3. The molecule has 0 saturated heterocycles. The third kappa shape index (κ3) is 4.21. The molecule has 1 N–H and O–H groups in total. The van der Waals surface area contributed by atoms with Crippen LogP contribution in [0.2, 0.25) is 0 Å². The summed E-state index contributed by atoms with van der Waals surface area (Å²) in [6.07, 6.45) is 0.852. The zero-order valence-corrected chi connectivity index (χ0v) is 14.8. The SMILES string of the molecule is CCc1ccc(OC)c(CNS(=O)(=O)c2cccc(C(C)=O)c2)c1. The lowest BCUT2D eigenvalue weighted by molar-refractivity contribution is 0.101. The molecule has 0 aliphatic carbocycles. The minimum absolute atomic E-state index is 0.0702. The third-order valence-electron chi connectivity index (χ3n) is 3.76. The molecule has 6 heteroatoms. The molecule has 0 heterocycles. The van der Waals surface area contributed by atoms with E-state index in [9.17, 15) is 13.2 Å². The number of benzene rings is 2. The van der Waals surface area contributed by atoms with Crippen molar-refractivity contribution in [3.05, 3.63) is 59.2 Å². The lowest BCUT2D eigenvalue weighted by Gasteiger charge is -2.12. The number of carbonyl (C=O) groups is 1. The first kappa shape index (κ1) is 18.2. The first-order valence-electron chi connectivity index (χ1n) is 7.64. The standard InChI is InChI=1S/C18H21NO4S/c1-4-14-8-9-18(23-3)16(10-14)12-19-24(21,22)17-7-5-6-15(11-17)13(2)20/h5-11,19H,4,12H2,1-3H3. The van der Waals surface area contributed by atoms with Crippen LogP contribution in [-0.4, -0.2) is 21.3 Å². The first-order valence-corrected chi connectivity index (χ1v) is 9.12. The molecule has 0 unspecified atom stereocenters. The van der Waals surface area contributed by atoms with Crippen LogP contribution < -0.4 is 9.46 Å². The number of hydrogen-bond acceptors (Lipinski definition) is 4. The van der Waals surface area contributed by atoms with Crippen molar-refractivity contribution in [2.24, 2.45) is 0 Å². The van der Waals surface area contributed by atoms with Gasteiger partial charge in [-0.2, -0.15) is 0 Å². The predicted molar refractivity (Wildman–Crippen MR) is 92.8 cm³/mol. The quantitative estimate of drug-likeness (QED) is 0.782. The molecular formula is C18H21NO4S. The Morgan fingerprint density at radius 2 is 1.92 bits per heavy atom. The van der Waals surface area contributed by atoms with E-state index < -0.39 is 10.0 Å². The number of aryl methyl sites for hydroxylation is 1. The minimum Gasteiger partial charge on any atom is -0.496 e. The predicted octanol–water partition coefficient (Wildman–Crippen LogP) is 2.94. The molecule has 24 heavy (non-hydrogen) atoms. The molecule has 0 aliphatic heterocycles. The number of carbonyl (C=O) groups excluding carboxylic acids is 1. The number of Topliss-reactive ketones (excluding diaryl/α,β-unsaturated/α-hetero) is 1. The number of nitrogens with one attached hydrogen (secondary N) is 1. The molecule has 2 aromatic carbocycles. The lowest BCUT2D eigenvalue weighted by atomic mass is 10.1. The molecule has 2 aromatic rings. The van der Waals surface area contributed by atoms with Gasteiger partial charge in [0, 0.05) is 17.7 Å². The molecule has 0 amide bonds. The van der Waals surface area contributed by atoms with Crippen molar-refractivity contribution in [3.63, 3.8) is 0 Å². The fourth-order valence-electron chi connectivity index (χ4n) is 2.33. The Morgan fingerprint density at radius 3 is 2.54 bits per heavy atom. The molecule has 0 spiro atoms. The Morgan fingerprint density at radius 1 is 1.17 bits per heavy atom. The van der Waals surface area contributed by atoms with E-state index in [1.807, 2.05) is 25.1 Å². The number of rotatable bonds is 7. The molecule has 0 aromatic heterocycles. The smallest absolute Gasteiger partial charge is 0.240 e. The van der Waals surface area contributed by atoms with E-state index in [1.165, 1.54) is 19.1 Å². The number of methoxy groups -OCH3 is 1. The van der Waals surface area contributed by atoms with Crippen LogP contribution in [0, 0.1) is 0 Å². The van der Waals surface area contributed by atoms with Crippen LogP contribution in [-0.2, 0) is 23.0 Å². The maximum atomic E-state index is 12.5. The van der Waals surface area contributed by atoms with Crippen LogP contribution in [0.15, 0.2) is 47.4 Å². The van der Waals surface area contributed by atoms with Crippen LogP contribution in [0.5, 0.6) is 5.75 Å². The van der Waals surface area contributed by atoms with Gasteiger partial charge in [-0.15, -0.1) is 0 Å². The molecule has 0 saturated carbocycles. The second-order valence-corrected chi connectivity index (χ2v) is 7.18. The molecule has 0 aliphatic rings. The summed E-state index contributed by atoms with van der Waals surface area (Å²) in [4.78, 5) is 11.5. The molecule has 0 fully saturated rings. The monoisotopic (exact) mass is 347 g/mol. The van der Waals surface area contributed by atoms with Gasteiger partial charge in [-0.25, -0.2) is 13.1 Å². The Bertz CT molecular complexity index is 844. The molecule has 2 rings (SSSR count). The van der Waals surface area contributed by atoms with E-state index in [2.05, 4.69) is 4.72 Å². The number of ether oxygens (including phenoxy) is 1. The summed E-state index contributed by atoms with van der Waals surface area (Å²) in [5, 5.41) is 0. The van der Waals surface area contributed by atoms with Gasteiger partial charge >= 0.3 is 0 Å². The lowest BCUT2D eigenvalue weighted by Crippen LogP contribution is -2.23. The van der Waals surface area contributed by atoms with Gasteiger partial charge in [0.15, 0.2) is 5.78 Å². The molecule has 0 atom stereocenters. The average Bonchev–Trinajstić information content (AvgIpc) is 2.59. The van der Waals surface area contributed by atoms with E-state index in [-0.39, 0.29) is 17.2 Å². The highest BCUT2D eigenvalue weighted by molar-refractivity contribution is 7.89. The molecule has 5 nitrogen and oxygen atoms in total. The maximum absolute atomic E-state index is 12.5. The van der Waals surface area contributed by atoms with E-state index in [4.69, 9.17) is 4.74 Å². The van der Waals surface area contributed by atoms with E-state index >= 15 is 0 Å². The van der Waals surface area contributed by atoms with E-state index in [0.29, 0.717) is 11.3 Å². The zero-order valence-electron chi connectivity index (χ0n) is 14.0. The molecule has 0 radical (unpaired) electrons. The minimum atomic E-state index is -3.72. The van der Waals surface area contributed by atoms with Crippen molar-refractivity contribution in [2.75, 3.05) is 7.11 Å². The van der Waals surface area contributed by atoms with Gasteiger partial charge in [0.25, 0.3) is 0 Å². The van der Waals surface area contributed by atoms with Gasteiger partial charge in [-0.1, -0.05) is 31.2 Å². The highest BCUT2D eigenvalue weighted by Gasteiger charge is 2.16. The van der Waals surface area contributed by atoms with Crippen molar-refractivity contribution in [2.45, 2.75) is 31.7 Å². The van der Waals surface area contributed by atoms with Gasteiger partial charge in [0.05, 0.1) is 12.0 Å². The fraction of sp³-hybridized carbons (Fsp3) is 0.278. The summed E-state index contributed by atoms with van der Waals surface area (Å²) < 4.78 is 32.8. The number of hydrogen-bond donors (Lipinski definition) is 1. The summed E-state index contributed by atoms with van der Waals surface area (Å²) in [7, 11) is -2.17. The molecular weight excluding hydrogens is 326 g/mol. The van der Waals surface area contributed by atoms with Gasteiger partial charge < -0.3 is 4.74 Å². The highest BCUT2D eigenvalue weighted by Crippen LogP contribution is 2.21. The molecule has 128 valence electrons. The van der Waals surface area contributed by atoms with Gasteiger partial charge in [-0.3, -0.25) is 4.79 Å². The first-order chi connectivity index (χ1) is 11.4. The van der Waals surface area contributed by atoms with Gasteiger partial charge in [0.2, 0.25) is 10.0 Å². The Kier molecular flexibility index (Phi) is 5.75. The largest absolute Gasteiger partial charge is 0.496 e. The van der Waals surface area contributed by atoms with Crippen LogP contribution in [0.1, 0.15) is 35.3 Å². The number of sulfonamides is 1. The summed E-state index contributed by atoms with van der Waals surface area (Å²) in [5.74, 6) is 0.455. The summed E-state index contributed by atoms with van der Waals surface area (Å²) in [5.41, 5.74) is 2.23. The van der Waals surface area contributed by atoms with Gasteiger partial charge in [-0.05, 0) is 37.1 Å². The van der Waals surface area contributed by atoms with Crippen molar-refractivity contribution in [1.29, 1.82) is 0 Å². The Labute approximate surface area is 142 Å². The van der Waals surface area contributed by atoms with Crippen molar-refractivity contribution in [1.82, 2.24) is 4.72 Å². The van der Waals surface area contributed by atoms with E-state index in [0.717, 1.165) is 17.5 Å². The summed E-state index contributed by atoms with van der Waals surface area (Å²) >= 11 is 0. The van der Waals surface area contributed by atoms with Gasteiger partial charge in [0.1, 0.15) is 5.75 Å². The Balaban J connectivity index is 2.25. The second-order valence-electron chi connectivity index (χ2n) is 5.41. The number of ketones is 1. The molecule has 0 bridgehead atoms. The van der Waals surface area contributed by atoms with Crippen LogP contribution in [0.3, 0.4) is 0 Å². The highest BCUT2D eigenvalue weighted by atomic mass is 32.2. The topological polar surface area (TPSA) is 72.5 Å². The Hall–Kier alpha value is -2.18. The van der Waals surface area contributed by atoms with Crippen molar-refractivity contribution >= 4 is 15.8 Å². The fourth-order valence-corrected chi connectivity index (χ4v) is 3.38.